The number of aryl methyl sites for hydroxylation is 1. The number of hydrogen-bond donors (Lipinski definition) is 1. The number of ether oxygens (including phenoxy) is 2. The maximum absolute atomic E-state index is 12.9. The first-order valence-electron chi connectivity index (χ1n) is 10.0. The van der Waals surface area contributed by atoms with Crippen molar-refractivity contribution in [2.45, 2.75) is 25.9 Å². The molecule has 160 valence electrons. The fourth-order valence-electron chi connectivity index (χ4n) is 3.69. The molecule has 8 nitrogen and oxygen atoms in total. The Labute approximate surface area is 179 Å². The van der Waals surface area contributed by atoms with Crippen LogP contribution >= 0.6 is 0 Å². The van der Waals surface area contributed by atoms with E-state index in [2.05, 4.69) is 10.3 Å². The van der Waals surface area contributed by atoms with E-state index in [1.54, 1.807) is 31.0 Å². The number of hydrogen-bond acceptors (Lipinski definition) is 5. The molecule has 0 aliphatic carbocycles. The van der Waals surface area contributed by atoms with Gasteiger partial charge in [-0.3, -0.25) is 14.2 Å². The standard InChI is InChI=1S/C23H24N4O4/c1-30-17-9-10-20(31-2)16(14-17)15-25-21(28)8-5-13-27-22-18(6-3-11-24-22)26-12-4-7-19(26)23(27)29/h3-4,6-7,9-12,14H,5,8,13,15H2,1-2H3,(H,25,28). The van der Waals surface area contributed by atoms with Crippen LogP contribution < -0.4 is 20.3 Å². The highest BCUT2D eigenvalue weighted by Crippen LogP contribution is 2.23. The Bertz CT molecular complexity index is 1290. The van der Waals surface area contributed by atoms with Crippen LogP contribution in [0, 0.1) is 0 Å². The summed E-state index contributed by atoms with van der Waals surface area (Å²) in [6.45, 7) is 0.740. The first-order chi connectivity index (χ1) is 15.1. The molecular weight excluding hydrogens is 396 g/mol. The molecule has 3 heterocycles. The van der Waals surface area contributed by atoms with Gasteiger partial charge < -0.3 is 19.2 Å². The molecule has 0 aliphatic rings. The van der Waals surface area contributed by atoms with Crippen molar-refractivity contribution >= 4 is 22.6 Å². The average molecular weight is 420 g/mol. The molecule has 0 aliphatic heterocycles. The molecule has 0 bridgehead atoms. The molecule has 0 fully saturated rings. The summed E-state index contributed by atoms with van der Waals surface area (Å²) in [4.78, 5) is 29.7. The number of carbonyl (C=O) groups excluding carboxylic acids is 1. The third kappa shape index (κ3) is 4.09. The molecule has 1 amide bonds. The van der Waals surface area contributed by atoms with Gasteiger partial charge in [0.15, 0.2) is 5.65 Å². The Morgan fingerprint density at radius 3 is 2.74 bits per heavy atom. The van der Waals surface area contributed by atoms with Gasteiger partial charge in [-0.25, -0.2) is 4.98 Å². The van der Waals surface area contributed by atoms with Crippen LogP contribution in [-0.2, 0) is 17.9 Å². The number of pyridine rings is 1. The molecule has 1 N–H and O–H groups in total. The largest absolute Gasteiger partial charge is 0.497 e. The van der Waals surface area contributed by atoms with Crippen molar-refractivity contribution in [1.29, 1.82) is 0 Å². The second-order valence-electron chi connectivity index (χ2n) is 7.12. The number of methoxy groups -OCH3 is 2. The van der Waals surface area contributed by atoms with Gasteiger partial charge in [-0.15, -0.1) is 0 Å². The SMILES string of the molecule is COc1ccc(OC)c(CNC(=O)CCCn2c(=O)c3cccn3c3cccnc32)c1. The molecule has 8 heteroatoms. The number of aromatic nitrogens is 3. The van der Waals surface area contributed by atoms with E-state index in [1.165, 1.54) is 0 Å². The molecule has 31 heavy (non-hydrogen) atoms. The Morgan fingerprint density at radius 2 is 1.94 bits per heavy atom. The van der Waals surface area contributed by atoms with E-state index < -0.39 is 0 Å². The van der Waals surface area contributed by atoms with Crippen LogP contribution in [0.1, 0.15) is 18.4 Å². The van der Waals surface area contributed by atoms with Crippen molar-refractivity contribution in [3.8, 4) is 11.5 Å². The number of nitrogens with zero attached hydrogens (tertiary/aromatic N) is 3. The number of rotatable bonds is 8. The summed E-state index contributed by atoms with van der Waals surface area (Å²) in [6.07, 6.45) is 4.33. The molecule has 0 saturated carbocycles. The summed E-state index contributed by atoms with van der Waals surface area (Å²) in [6, 6.07) is 12.9. The summed E-state index contributed by atoms with van der Waals surface area (Å²) in [5, 5.41) is 2.91. The number of benzene rings is 1. The third-order valence-electron chi connectivity index (χ3n) is 5.24. The Hall–Kier alpha value is -3.81. The maximum Gasteiger partial charge on any atom is 0.276 e. The maximum atomic E-state index is 12.9. The van der Waals surface area contributed by atoms with Gasteiger partial charge >= 0.3 is 0 Å². The zero-order chi connectivity index (χ0) is 21.8. The Morgan fingerprint density at radius 1 is 1.10 bits per heavy atom. The van der Waals surface area contributed by atoms with Crippen molar-refractivity contribution in [1.82, 2.24) is 19.3 Å². The minimum absolute atomic E-state index is 0.0982. The van der Waals surface area contributed by atoms with E-state index in [4.69, 9.17) is 9.47 Å². The van der Waals surface area contributed by atoms with Crippen molar-refractivity contribution in [2.24, 2.45) is 0 Å². The van der Waals surface area contributed by atoms with Crippen LogP contribution in [0.3, 0.4) is 0 Å². The monoisotopic (exact) mass is 420 g/mol. The van der Waals surface area contributed by atoms with Crippen LogP contribution in [0.25, 0.3) is 16.7 Å². The molecule has 0 atom stereocenters. The first kappa shape index (κ1) is 20.5. The third-order valence-corrected chi connectivity index (χ3v) is 5.24. The predicted molar refractivity (Wildman–Crippen MR) is 118 cm³/mol. The fourth-order valence-corrected chi connectivity index (χ4v) is 3.69. The highest BCUT2D eigenvalue weighted by molar-refractivity contribution is 5.76. The van der Waals surface area contributed by atoms with Crippen molar-refractivity contribution in [3.63, 3.8) is 0 Å². The molecule has 4 aromatic rings. The summed E-state index contributed by atoms with van der Waals surface area (Å²) >= 11 is 0. The zero-order valence-corrected chi connectivity index (χ0v) is 17.5. The van der Waals surface area contributed by atoms with Crippen LogP contribution in [0.2, 0.25) is 0 Å². The molecule has 0 spiro atoms. The molecule has 0 unspecified atom stereocenters. The van der Waals surface area contributed by atoms with Crippen LogP contribution in [0.15, 0.2) is 59.7 Å². The summed E-state index contributed by atoms with van der Waals surface area (Å²) in [7, 11) is 3.18. The topological polar surface area (TPSA) is 86.9 Å². The van der Waals surface area contributed by atoms with E-state index in [0.717, 1.165) is 11.1 Å². The lowest BCUT2D eigenvalue weighted by molar-refractivity contribution is -0.121. The molecule has 4 rings (SSSR count). The lowest BCUT2D eigenvalue weighted by atomic mass is 10.2. The molecule has 0 saturated heterocycles. The van der Waals surface area contributed by atoms with Crippen molar-refractivity contribution < 1.29 is 14.3 Å². The van der Waals surface area contributed by atoms with Gasteiger partial charge in [-0.2, -0.15) is 0 Å². The zero-order valence-electron chi connectivity index (χ0n) is 17.5. The fraction of sp³-hybridized carbons (Fsp3) is 0.261. The van der Waals surface area contributed by atoms with Gasteiger partial charge in [0.05, 0.1) is 19.7 Å². The minimum atomic E-state index is -0.113. The smallest absolute Gasteiger partial charge is 0.276 e. The van der Waals surface area contributed by atoms with E-state index >= 15 is 0 Å². The predicted octanol–water partition coefficient (Wildman–Crippen LogP) is 2.76. The highest BCUT2D eigenvalue weighted by atomic mass is 16.5. The molecular formula is C23H24N4O4. The van der Waals surface area contributed by atoms with Gasteiger partial charge in [0.25, 0.3) is 5.56 Å². The molecule has 0 radical (unpaired) electrons. The lowest BCUT2D eigenvalue weighted by Crippen LogP contribution is -2.26. The van der Waals surface area contributed by atoms with E-state index in [0.29, 0.717) is 48.6 Å². The summed E-state index contributed by atoms with van der Waals surface area (Å²) in [5.41, 5.74) is 2.78. The van der Waals surface area contributed by atoms with Gasteiger partial charge in [-0.05, 0) is 48.9 Å². The quantitative estimate of drug-likeness (QED) is 0.474. The minimum Gasteiger partial charge on any atom is -0.497 e. The van der Waals surface area contributed by atoms with Gasteiger partial charge in [0.2, 0.25) is 5.91 Å². The van der Waals surface area contributed by atoms with E-state index in [-0.39, 0.29) is 11.5 Å². The lowest BCUT2D eigenvalue weighted by Gasteiger charge is -2.13. The average Bonchev–Trinajstić information content (AvgIpc) is 3.30. The number of nitrogens with one attached hydrogen (secondary N) is 1. The van der Waals surface area contributed by atoms with Gasteiger partial charge in [0.1, 0.15) is 17.0 Å². The number of carbonyl (C=O) groups is 1. The second kappa shape index (κ2) is 8.91. The molecule has 1 aromatic carbocycles. The van der Waals surface area contributed by atoms with Crippen LogP contribution in [-0.4, -0.2) is 34.1 Å². The van der Waals surface area contributed by atoms with Crippen LogP contribution in [0.5, 0.6) is 11.5 Å². The van der Waals surface area contributed by atoms with Crippen molar-refractivity contribution in [2.75, 3.05) is 14.2 Å². The van der Waals surface area contributed by atoms with E-state index in [1.807, 2.05) is 47.0 Å². The number of amides is 1. The van der Waals surface area contributed by atoms with Crippen molar-refractivity contribution in [3.05, 3.63) is 70.8 Å². The first-order valence-corrected chi connectivity index (χ1v) is 10.0. The Balaban J connectivity index is 1.43. The molecule has 3 aromatic heterocycles. The summed E-state index contributed by atoms with van der Waals surface area (Å²) in [5.74, 6) is 1.29. The number of fused-ring (bicyclic) bond motifs is 3. The van der Waals surface area contributed by atoms with E-state index in [9.17, 15) is 9.59 Å². The summed E-state index contributed by atoms with van der Waals surface area (Å²) < 4.78 is 14.1. The van der Waals surface area contributed by atoms with Gasteiger partial charge in [0, 0.05) is 37.5 Å². The van der Waals surface area contributed by atoms with Gasteiger partial charge in [-0.1, -0.05) is 0 Å². The second-order valence-corrected chi connectivity index (χ2v) is 7.12. The highest BCUT2D eigenvalue weighted by Gasteiger charge is 2.12. The Kier molecular flexibility index (Phi) is 5.88. The van der Waals surface area contributed by atoms with Crippen LogP contribution in [0.4, 0.5) is 0 Å². The normalized spacial score (nSPS) is 11.0.